The van der Waals surface area contributed by atoms with Gasteiger partial charge in [0, 0.05) is 5.97 Å². The van der Waals surface area contributed by atoms with Gasteiger partial charge in [-0.15, -0.1) is 0 Å². The molecule has 3 heteroatoms. The molecule has 1 aliphatic carbocycles. The molecule has 0 heterocycles. The predicted octanol–water partition coefficient (Wildman–Crippen LogP) is 1.34. The van der Waals surface area contributed by atoms with E-state index in [1.807, 2.05) is 0 Å². The van der Waals surface area contributed by atoms with Crippen LogP contribution in [0.25, 0.3) is 0 Å². The fourth-order valence-electron chi connectivity index (χ4n) is 2.15. The van der Waals surface area contributed by atoms with Crippen molar-refractivity contribution in [3.63, 3.8) is 0 Å². The molecule has 1 saturated carbocycles. The second kappa shape index (κ2) is 5.33. The van der Waals surface area contributed by atoms with Crippen LogP contribution in [0, 0.1) is 11.3 Å². The molecule has 1 unspecified atom stereocenters. The van der Waals surface area contributed by atoms with Crippen LogP contribution in [0.4, 0.5) is 0 Å². The summed E-state index contributed by atoms with van der Waals surface area (Å²) in [6.45, 7) is 4.33. The van der Waals surface area contributed by atoms with Crippen molar-refractivity contribution in [1.82, 2.24) is 0 Å². The number of hydrogen-bond donors (Lipinski definition) is 0. The van der Waals surface area contributed by atoms with Crippen LogP contribution in [0.2, 0.25) is 0 Å². The van der Waals surface area contributed by atoms with Gasteiger partial charge in [0.2, 0.25) is 0 Å². The Balaban J connectivity index is 0.00000144. The van der Waals surface area contributed by atoms with Gasteiger partial charge < -0.3 is 9.90 Å². The number of carboxylic acid groups (broad SMARTS) is 1. The summed E-state index contributed by atoms with van der Waals surface area (Å²) in [5.41, 5.74) is 0.207. The first-order valence-corrected chi connectivity index (χ1v) is 4.72. The largest absolute Gasteiger partial charge is 1.00 e. The number of carbonyl (C=O) groups is 1. The van der Waals surface area contributed by atoms with Crippen molar-refractivity contribution in [3.05, 3.63) is 0 Å². The van der Waals surface area contributed by atoms with Crippen LogP contribution in [0.15, 0.2) is 0 Å². The van der Waals surface area contributed by atoms with E-state index in [9.17, 15) is 9.90 Å². The molecule has 0 N–H and O–H groups in total. The van der Waals surface area contributed by atoms with Crippen LogP contribution in [-0.2, 0) is 32.5 Å². The van der Waals surface area contributed by atoms with Crippen molar-refractivity contribution in [1.29, 1.82) is 0 Å². The van der Waals surface area contributed by atoms with Gasteiger partial charge in [-0.1, -0.05) is 26.7 Å². The van der Waals surface area contributed by atoms with Crippen molar-refractivity contribution in [3.8, 4) is 0 Å². The van der Waals surface area contributed by atoms with Crippen molar-refractivity contribution in [2.75, 3.05) is 0 Å². The van der Waals surface area contributed by atoms with Crippen LogP contribution >= 0.6 is 0 Å². The van der Waals surface area contributed by atoms with Gasteiger partial charge in [0.1, 0.15) is 0 Å². The van der Waals surface area contributed by atoms with Gasteiger partial charge in [0.15, 0.2) is 0 Å². The molecule has 0 aromatic rings. The van der Waals surface area contributed by atoms with Gasteiger partial charge in [-0.3, -0.25) is 0 Å². The molecule has 0 aromatic heterocycles. The summed E-state index contributed by atoms with van der Waals surface area (Å²) >= 11 is 0. The molecule has 1 fully saturated rings. The number of rotatable bonds is 2. The third-order valence-corrected chi connectivity index (χ3v) is 3.14. The molecule has 0 bridgehead atoms. The molecular formula is C10H17HgO2. The Hall–Kier alpha value is 0.405. The molecule has 1 aliphatic rings. The summed E-state index contributed by atoms with van der Waals surface area (Å²) in [6, 6.07) is 0. The van der Waals surface area contributed by atoms with E-state index in [-0.39, 0.29) is 39.5 Å². The molecule has 71 valence electrons. The molecule has 1 radical (unpaired) electrons. The molecule has 0 aliphatic heterocycles. The second-order valence-electron chi connectivity index (χ2n) is 4.51. The molecule has 1 atom stereocenters. The Morgan fingerprint density at radius 1 is 1.46 bits per heavy atom. The van der Waals surface area contributed by atoms with E-state index in [0.29, 0.717) is 5.92 Å². The van der Waals surface area contributed by atoms with E-state index in [0.717, 1.165) is 12.8 Å². The molecular weight excluding hydrogens is 353 g/mol. The van der Waals surface area contributed by atoms with E-state index in [1.165, 1.54) is 12.8 Å². The van der Waals surface area contributed by atoms with Gasteiger partial charge in [-0.05, 0) is 30.6 Å². The maximum absolute atomic E-state index is 10.4. The van der Waals surface area contributed by atoms with Crippen molar-refractivity contribution in [2.45, 2.75) is 46.0 Å². The first-order valence-electron chi connectivity index (χ1n) is 4.72. The van der Waals surface area contributed by atoms with Crippen molar-refractivity contribution >= 4 is 5.97 Å². The fourth-order valence-corrected chi connectivity index (χ4v) is 2.15. The maximum Gasteiger partial charge on any atom is 1.00 e. The third kappa shape index (κ3) is 3.96. The van der Waals surface area contributed by atoms with E-state index in [1.54, 1.807) is 0 Å². The van der Waals surface area contributed by atoms with Gasteiger partial charge in [-0.2, -0.15) is 0 Å². The second-order valence-corrected chi connectivity index (χ2v) is 4.51. The van der Waals surface area contributed by atoms with Crippen LogP contribution in [0.5, 0.6) is 0 Å². The first-order chi connectivity index (χ1) is 5.52. The molecule has 0 saturated heterocycles. The maximum atomic E-state index is 10.4. The molecule has 0 amide bonds. The Labute approximate surface area is 101 Å². The average molecular weight is 370 g/mol. The average Bonchev–Trinajstić information content (AvgIpc) is 1.92. The van der Waals surface area contributed by atoms with E-state index >= 15 is 0 Å². The van der Waals surface area contributed by atoms with Crippen LogP contribution < -0.4 is 5.11 Å². The monoisotopic (exact) mass is 371 g/mol. The van der Waals surface area contributed by atoms with Gasteiger partial charge >= 0.3 is 27.7 Å². The molecule has 1 rings (SSSR count). The SMILES string of the molecule is CC1(C)CCCCC1CC(=O)[O-].[Hg+]. The summed E-state index contributed by atoms with van der Waals surface area (Å²) in [5.74, 6) is -0.564. The van der Waals surface area contributed by atoms with Gasteiger partial charge in [0.05, 0.1) is 0 Å². The van der Waals surface area contributed by atoms with Crippen LogP contribution in [-0.4, -0.2) is 5.97 Å². The van der Waals surface area contributed by atoms with E-state index in [2.05, 4.69) is 13.8 Å². The summed E-state index contributed by atoms with van der Waals surface area (Å²) in [6.07, 6.45) is 4.89. The topological polar surface area (TPSA) is 40.1 Å². The smallest absolute Gasteiger partial charge is 0.550 e. The molecule has 13 heavy (non-hydrogen) atoms. The Bertz CT molecular complexity index is 178. The fraction of sp³-hybridized carbons (Fsp3) is 0.900. The zero-order valence-corrected chi connectivity index (χ0v) is 14.1. The third-order valence-electron chi connectivity index (χ3n) is 3.14. The summed E-state index contributed by atoms with van der Waals surface area (Å²) in [7, 11) is 0. The van der Waals surface area contributed by atoms with E-state index < -0.39 is 5.97 Å². The number of hydrogen-bond acceptors (Lipinski definition) is 2. The van der Waals surface area contributed by atoms with Crippen molar-refractivity contribution in [2.24, 2.45) is 11.3 Å². The summed E-state index contributed by atoms with van der Waals surface area (Å²) in [4.78, 5) is 10.4. The normalized spacial score (nSPS) is 26.2. The molecule has 0 aromatic carbocycles. The van der Waals surface area contributed by atoms with Crippen LogP contribution in [0.1, 0.15) is 46.0 Å². The molecule has 2 nitrogen and oxygen atoms in total. The Morgan fingerprint density at radius 2 is 2.08 bits per heavy atom. The van der Waals surface area contributed by atoms with Gasteiger partial charge in [0.25, 0.3) is 0 Å². The molecule has 0 spiro atoms. The first kappa shape index (κ1) is 13.4. The zero-order valence-electron chi connectivity index (χ0n) is 8.64. The number of aliphatic carboxylic acids is 1. The summed E-state index contributed by atoms with van der Waals surface area (Å²) < 4.78 is 0. The summed E-state index contributed by atoms with van der Waals surface area (Å²) in [5, 5.41) is 10.4. The number of carboxylic acids is 1. The quantitative estimate of drug-likeness (QED) is 0.689. The van der Waals surface area contributed by atoms with Crippen LogP contribution in [0.3, 0.4) is 0 Å². The Morgan fingerprint density at radius 3 is 2.54 bits per heavy atom. The standard InChI is InChI=1S/C10H18O2.Hg/c1-10(2)6-4-3-5-8(10)7-9(11)12;/h8H,3-7H2,1-2H3,(H,11,12);/q;+1/p-1. The van der Waals surface area contributed by atoms with Gasteiger partial charge in [-0.25, -0.2) is 0 Å². The van der Waals surface area contributed by atoms with Crippen molar-refractivity contribution < 1.29 is 37.6 Å². The predicted molar refractivity (Wildman–Crippen MR) is 45.4 cm³/mol. The minimum atomic E-state index is -0.894. The minimum absolute atomic E-state index is 0. The number of carbonyl (C=O) groups excluding carboxylic acids is 1. The zero-order chi connectivity index (χ0) is 9.19. The van der Waals surface area contributed by atoms with E-state index in [4.69, 9.17) is 0 Å². The minimum Gasteiger partial charge on any atom is -0.550 e. The Kier molecular flexibility index (Phi) is 5.49.